The Kier molecular flexibility index (Phi) is 6.47. The fourth-order valence-corrected chi connectivity index (χ4v) is 4.29. The van der Waals surface area contributed by atoms with Crippen molar-refractivity contribution in [3.63, 3.8) is 0 Å². The molecular formula is C25H22N2O4S. The second kappa shape index (κ2) is 9.62. The number of rotatable bonds is 7. The Labute approximate surface area is 190 Å². The minimum absolute atomic E-state index is 0.0747. The Morgan fingerprint density at radius 2 is 2.03 bits per heavy atom. The van der Waals surface area contributed by atoms with E-state index in [-0.39, 0.29) is 18.2 Å². The molecule has 0 saturated carbocycles. The number of aromatic hydroxyl groups is 1. The minimum Gasteiger partial charge on any atom is -0.504 e. The van der Waals surface area contributed by atoms with Crippen LogP contribution in [0.25, 0.3) is 6.08 Å². The highest BCUT2D eigenvalue weighted by molar-refractivity contribution is 8.18. The fraction of sp³-hybridized carbons (Fsp3) is 0.120. The van der Waals surface area contributed by atoms with Gasteiger partial charge in [-0.25, -0.2) is 4.99 Å². The van der Waals surface area contributed by atoms with Crippen molar-refractivity contribution < 1.29 is 19.1 Å². The van der Waals surface area contributed by atoms with Gasteiger partial charge in [0.15, 0.2) is 16.7 Å². The average Bonchev–Trinajstić information content (AvgIpc) is 3.41. The standard InChI is InChI=1S/C25H22N2O4S/c1-3-8-18-13-17(14-21(30-2)23(18)28)15-22-24(29)27(16-20-11-7-12-31-20)25(32-22)26-19-9-5-4-6-10-19/h3-7,9-15,28H,1,8,16H2,2H3. The van der Waals surface area contributed by atoms with Crippen molar-refractivity contribution in [2.24, 2.45) is 4.99 Å². The summed E-state index contributed by atoms with van der Waals surface area (Å²) in [5.41, 5.74) is 2.17. The second-order valence-corrected chi connectivity index (χ2v) is 8.04. The largest absolute Gasteiger partial charge is 0.504 e. The smallest absolute Gasteiger partial charge is 0.267 e. The number of thioether (sulfide) groups is 1. The molecule has 1 fully saturated rings. The molecule has 0 radical (unpaired) electrons. The molecule has 0 atom stereocenters. The first-order valence-electron chi connectivity index (χ1n) is 9.97. The number of hydrogen-bond donors (Lipinski definition) is 1. The summed E-state index contributed by atoms with van der Waals surface area (Å²) in [5, 5.41) is 10.9. The Hall–Kier alpha value is -3.71. The van der Waals surface area contributed by atoms with Gasteiger partial charge in [-0.15, -0.1) is 6.58 Å². The van der Waals surface area contributed by atoms with Crippen LogP contribution in [0, 0.1) is 0 Å². The number of furan rings is 1. The van der Waals surface area contributed by atoms with Gasteiger partial charge in [-0.3, -0.25) is 9.69 Å². The van der Waals surface area contributed by atoms with Crippen molar-refractivity contribution in [2.45, 2.75) is 13.0 Å². The van der Waals surface area contributed by atoms with Crippen LogP contribution in [-0.4, -0.2) is 28.2 Å². The van der Waals surface area contributed by atoms with Gasteiger partial charge in [0.05, 0.1) is 30.5 Å². The predicted octanol–water partition coefficient (Wildman–Crippen LogP) is 5.53. The maximum Gasteiger partial charge on any atom is 0.267 e. The lowest BCUT2D eigenvalue weighted by Crippen LogP contribution is -2.28. The van der Waals surface area contributed by atoms with Gasteiger partial charge >= 0.3 is 0 Å². The lowest BCUT2D eigenvalue weighted by Gasteiger charge is -2.13. The summed E-state index contributed by atoms with van der Waals surface area (Å²) in [6, 6.07) is 16.6. The molecule has 3 aromatic rings. The van der Waals surface area contributed by atoms with E-state index in [1.54, 1.807) is 35.4 Å². The zero-order valence-electron chi connectivity index (χ0n) is 17.5. The number of amidine groups is 1. The van der Waals surface area contributed by atoms with Gasteiger partial charge in [0.25, 0.3) is 5.91 Å². The van der Waals surface area contributed by atoms with Crippen molar-refractivity contribution >= 4 is 34.6 Å². The van der Waals surface area contributed by atoms with Crippen molar-refractivity contribution in [1.29, 1.82) is 0 Å². The van der Waals surface area contributed by atoms with Crippen LogP contribution in [-0.2, 0) is 17.8 Å². The molecule has 1 saturated heterocycles. The van der Waals surface area contributed by atoms with E-state index in [2.05, 4.69) is 11.6 Å². The number of phenolic OH excluding ortho intramolecular Hbond substituents is 1. The van der Waals surface area contributed by atoms with Crippen molar-refractivity contribution in [3.8, 4) is 11.5 Å². The highest BCUT2D eigenvalue weighted by atomic mass is 32.2. The van der Waals surface area contributed by atoms with Crippen LogP contribution >= 0.6 is 11.8 Å². The Balaban J connectivity index is 1.72. The topological polar surface area (TPSA) is 75.3 Å². The van der Waals surface area contributed by atoms with E-state index in [4.69, 9.17) is 9.15 Å². The molecule has 7 heteroatoms. The SMILES string of the molecule is C=CCc1cc(C=C2SC(=Nc3ccccc3)N(Cc3ccco3)C2=O)cc(OC)c1O. The number of allylic oxidation sites excluding steroid dienone is 1. The summed E-state index contributed by atoms with van der Waals surface area (Å²) < 4.78 is 10.8. The molecule has 1 aromatic heterocycles. The number of aliphatic imine (C=N–C) groups is 1. The molecule has 0 spiro atoms. The normalized spacial score (nSPS) is 16.2. The predicted molar refractivity (Wildman–Crippen MR) is 127 cm³/mol. The minimum atomic E-state index is -0.168. The van der Waals surface area contributed by atoms with E-state index in [1.807, 2.05) is 42.5 Å². The molecule has 0 aliphatic carbocycles. The van der Waals surface area contributed by atoms with E-state index in [1.165, 1.54) is 18.9 Å². The monoisotopic (exact) mass is 446 g/mol. The Morgan fingerprint density at radius 1 is 1.22 bits per heavy atom. The van der Waals surface area contributed by atoms with Crippen molar-refractivity contribution in [2.75, 3.05) is 7.11 Å². The molecule has 1 aliphatic rings. The summed E-state index contributed by atoms with van der Waals surface area (Å²) in [6.07, 6.45) is 5.55. The van der Waals surface area contributed by atoms with E-state index in [0.29, 0.717) is 33.6 Å². The lowest BCUT2D eigenvalue weighted by atomic mass is 10.1. The number of ether oxygens (including phenoxy) is 1. The summed E-state index contributed by atoms with van der Waals surface area (Å²) in [6.45, 7) is 4.02. The fourth-order valence-electron chi connectivity index (χ4n) is 3.29. The van der Waals surface area contributed by atoms with Crippen LogP contribution in [0.1, 0.15) is 16.9 Å². The maximum absolute atomic E-state index is 13.3. The van der Waals surface area contributed by atoms with Gasteiger partial charge in [0, 0.05) is 5.56 Å². The van der Waals surface area contributed by atoms with Gasteiger partial charge in [0.1, 0.15) is 5.76 Å². The van der Waals surface area contributed by atoms with Gasteiger partial charge in [0.2, 0.25) is 0 Å². The molecule has 0 unspecified atom stereocenters. The quantitative estimate of drug-likeness (QED) is 0.382. The summed E-state index contributed by atoms with van der Waals surface area (Å²) in [4.78, 5) is 20.1. The second-order valence-electron chi connectivity index (χ2n) is 7.03. The van der Waals surface area contributed by atoms with E-state index < -0.39 is 0 Å². The summed E-state index contributed by atoms with van der Waals surface area (Å²) >= 11 is 1.30. The first-order chi connectivity index (χ1) is 15.6. The molecule has 1 amide bonds. The van der Waals surface area contributed by atoms with Gasteiger partial charge in [-0.1, -0.05) is 24.3 Å². The van der Waals surface area contributed by atoms with Crippen molar-refractivity contribution in [1.82, 2.24) is 4.90 Å². The first kappa shape index (κ1) is 21.5. The lowest BCUT2D eigenvalue weighted by molar-refractivity contribution is -0.122. The molecule has 4 rings (SSSR count). The van der Waals surface area contributed by atoms with Crippen LogP contribution in [0.5, 0.6) is 11.5 Å². The van der Waals surface area contributed by atoms with Crippen LogP contribution in [0.15, 0.2) is 87.8 Å². The molecule has 32 heavy (non-hydrogen) atoms. The molecule has 2 aromatic carbocycles. The van der Waals surface area contributed by atoms with Crippen molar-refractivity contribution in [3.05, 3.63) is 95.3 Å². The van der Waals surface area contributed by atoms with E-state index >= 15 is 0 Å². The average molecular weight is 447 g/mol. The first-order valence-corrected chi connectivity index (χ1v) is 10.8. The number of methoxy groups -OCH3 is 1. The van der Waals surface area contributed by atoms with Gasteiger partial charge in [-0.05, 0) is 66.2 Å². The van der Waals surface area contributed by atoms with Crippen LogP contribution < -0.4 is 4.74 Å². The third-order valence-electron chi connectivity index (χ3n) is 4.82. The molecule has 1 N–H and O–H groups in total. The van der Waals surface area contributed by atoms with Crippen LogP contribution in [0.2, 0.25) is 0 Å². The molecule has 6 nitrogen and oxygen atoms in total. The molecule has 2 heterocycles. The van der Waals surface area contributed by atoms with Gasteiger partial charge < -0.3 is 14.3 Å². The third kappa shape index (κ3) is 4.63. The molecule has 1 aliphatic heterocycles. The maximum atomic E-state index is 13.3. The Morgan fingerprint density at radius 3 is 2.72 bits per heavy atom. The van der Waals surface area contributed by atoms with E-state index in [0.717, 1.165) is 11.3 Å². The highest BCUT2D eigenvalue weighted by Gasteiger charge is 2.34. The summed E-state index contributed by atoms with van der Waals surface area (Å²) in [5.74, 6) is 0.918. The molecule has 0 bridgehead atoms. The number of nitrogens with zero attached hydrogens (tertiary/aromatic N) is 2. The number of phenols is 1. The number of benzene rings is 2. The van der Waals surface area contributed by atoms with Crippen LogP contribution in [0.4, 0.5) is 5.69 Å². The number of para-hydroxylation sites is 1. The van der Waals surface area contributed by atoms with Gasteiger partial charge in [-0.2, -0.15) is 0 Å². The van der Waals surface area contributed by atoms with E-state index in [9.17, 15) is 9.90 Å². The number of amides is 1. The third-order valence-corrected chi connectivity index (χ3v) is 5.83. The number of carbonyl (C=O) groups excluding carboxylic acids is 1. The zero-order chi connectivity index (χ0) is 22.5. The Bertz CT molecular complexity index is 1180. The summed E-state index contributed by atoms with van der Waals surface area (Å²) in [7, 11) is 1.49. The molecule has 162 valence electrons. The number of carbonyl (C=O) groups is 1. The number of hydrogen-bond acceptors (Lipinski definition) is 6. The molecular weight excluding hydrogens is 424 g/mol. The zero-order valence-corrected chi connectivity index (χ0v) is 18.3. The van der Waals surface area contributed by atoms with Crippen LogP contribution in [0.3, 0.4) is 0 Å². The highest BCUT2D eigenvalue weighted by Crippen LogP contribution is 2.37.